The number of hydroxylamine groups is 2. The van der Waals surface area contributed by atoms with Gasteiger partial charge < -0.3 is 15.4 Å². The van der Waals surface area contributed by atoms with Crippen LogP contribution in [0.25, 0.3) is 0 Å². The van der Waals surface area contributed by atoms with E-state index in [-0.39, 0.29) is 16.6 Å². The van der Waals surface area contributed by atoms with E-state index in [2.05, 4.69) is 5.10 Å². The number of hydrogen-bond acceptors (Lipinski definition) is 7. The molecule has 1 unspecified atom stereocenters. The molecule has 2 fully saturated rings. The Bertz CT molecular complexity index is 901. The molecule has 2 N–H and O–H groups in total. The van der Waals surface area contributed by atoms with Crippen LogP contribution in [0, 0.1) is 0 Å². The summed E-state index contributed by atoms with van der Waals surface area (Å²) in [4.78, 5) is 32.8. The first-order valence-corrected chi connectivity index (χ1v) is 10.6. The number of nitrogens with zero attached hydrogens (tertiary/aromatic N) is 4. The number of halogens is 1. The van der Waals surface area contributed by atoms with Gasteiger partial charge in [-0.3, -0.25) is 14.4 Å². The Morgan fingerprint density at radius 1 is 1.23 bits per heavy atom. The zero-order chi connectivity index (χ0) is 21.1. The quantitative estimate of drug-likeness (QED) is 0.737. The first-order chi connectivity index (χ1) is 14.5. The molecule has 1 atom stereocenters. The van der Waals surface area contributed by atoms with E-state index in [0.29, 0.717) is 64.3 Å². The fourth-order valence-corrected chi connectivity index (χ4v) is 4.25. The van der Waals surface area contributed by atoms with Gasteiger partial charge in [-0.15, -0.1) is 0 Å². The Morgan fingerprint density at radius 3 is 2.60 bits per heavy atom. The molecule has 0 radical (unpaired) electrons. The molecule has 4 rings (SSSR count). The molecule has 1 aliphatic carbocycles. The minimum atomic E-state index is -1.01. The molecule has 2 saturated heterocycles. The Morgan fingerprint density at radius 2 is 1.97 bits per heavy atom. The summed E-state index contributed by atoms with van der Waals surface area (Å²) in [6.07, 6.45) is 11.0. The van der Waals surface area contributed by atoms with E-state index in [1.165, 1.54) is 4.68 Å². The second-order valence-electron chi connectivity index (χ2n) is 7.69. The standard InChI is InChI=1S/C20H26ClN5O4/c21-17-16(14-23-26(18(17)27)15-4-2-1-3-5-15)24-8-10-25(11-9-24)30-20(19(22)28)6-12-29-13-7-20/h1-4,14-15H,5-13H2,(H2,22,28). The highest BCUT2D eigenvalue weighted by atomic mass is 35.5. The number of allylic oxidation sites excluding steroid dienone is 4. The number of ether oxygens (including phenoxy) is 1. The zero-order valence-corrected chi connectivity index (χ0v) is 17.5. The summed E-state index contributed by atoms with van der Waals surface area (Å²) >= 11 is 6.43. The molecule has 9 nitrogen and oxygen atoms in total. The molecule has 1 aromatic rings. The normalized spacial score (nSPS) is 24.2. The fraction of sp³-hybridized carbons (Fsp3) is 0.550. The van der Waals surface area contributed by atoms with Gasteiger partial charge in [0.25, 0.3) is 11.5 Å². The van der Waals surface area contributed by atoms with Crippen LogP contribution in [0.5, 0.6) is 0 Å². The van der Waals surface area contributed by atoms with Crippen LogP contribution in [0.15, 0.2) is 35.3 Å². The number of carbonyl (C=O) groups excluding carboxylic acids is 1. The maximum Gasteiger partial charge on any atom is 0.288 e. The summed E-state index contributed by atoms with van der Waals surface area (Å²) in [6.45, 7) is 3.17. The van der Waals surface area contributed by atoms with Crippen molar-refractivity contribution in [1.29, 1.82) is 0 Å². The lowest BCUT2D eigenvalue weighted by Gasteiger charge is -2.41. The molecule has 2 aliphatic heterocycles. The SMILES string of the molecule is NC(=O)C1(ON2CCN(c3cnn(C4C=CC=CC4)c(=O)c3Cl)CC2)CCOCC1. The second-order valence-corrected chi connectivity index (χ2v) is 8.07. The van der Waals surface area contributed by atoms with Gasteiger partial charge in [-0.05, 0) is 6.42 Å². The van der Waals surface area contributed by atoms with Gasteiger partial charge in [-0.1, -0.05) is 35.9 Å². The van der Waals surface area contributed by atoms with Gasteiger partial charge in [0, 0.05) is 52.2 Å². The predicted molar refractivity (Wildman–Crippen MR) is 112 cm³/mol. The Kier molecular flexibility index (Phi) is 6.24. The molecule has 3 heterocycles. The third-order valence-corrected chi connectivity index (χ3v) is 6.19. The molecule has 1 aromatic heterocycles. The lowest BCUT2D eigenvalue weighted by molar-refractivity contribution is -0.258. The number of carbonyl (C=O) groups is 1. The molecular formula is C20H26ClN5O4. The first-order valence-electron chi connectivity index (χ1n) is 10.2. The van der Waals surface area contributed by atoms with E-state index >= 15 is 0 Å². The van der Waals surface area contributed by atoms with E-state index in [0.717, 1.165) is 0 Å². The number of hydrogen-bond donors (Lipinski definition) is 1. The highest BCUT2D eigenvalue weighted by Crippen LogP contribution is 2.28. The minimum Gasteiger partial charge on any atom is -0.381 e. The van der Waals surface area contributed by atoms with Crippen molar-refractivity contribution in [1.82, 2.24) is 14.8 Å². The van der Waals surface area contributed by atoms with Crippen LogP contribution in [0.3, 0.4) is 0 Å². The predicted octanol–water partition coefficient (Wildman–Crippen LogP) is 1.04. The largest absolute Gasteiger partial charge is 0.381 e. The van der Waals surface area contributed by atoms with Crippen molar-refractivity contribution in [2.24, 2.45) is 5.73 Å². The van der Waals surface area contributed by atoms with Crippen molar-refractivity contribution >= 4 is 23.2 Å². The molecular weight excluding hydrogens is 410 g/mol. The van der Waals surface area contributed by atoms with E-state index in [4.69, 9.17) is 26.9 Å². The molecule has 30 heavy (non-hydrogen) atoms. The molecule has 3 aliphatic rings. The van der Waals surface area contributed by atoms with Crippen LogP contribution < -0.4 is 16.2 Å². The molecule has 0 saturated carbocycles. The second kappa shape index (κ2) is 8.89. The van der Waals surface area contributed by atoms with Crippen molar-refractivity contribution in [3.05, 3.63) is 45.9 Å². The highest BCUT2D eigenvalue weighted by Gasteiger charge is 2.42. The minimum absolute atomic E-state index is 0.122. The highest BCUT2D eigenvalue weighted by molar-refractivity contribution is 6.33. The van der Waals surface area contributed by atoms with E-state index in [1.807, 2.05) is 29.2 Å². The summed E-state index contributed by atoms with van der Waals surface area (Å²) in [5.41, 5.74) is 4.93. The van der Waals surface area contributed by atoms with Gasteiger partial charge in [0.1, 0.15) is 5.02 Å². The summed E-state index contributed by atoms with van der Waals surface area (Å²) in [5.74, 6) is -0.462. The van der Waals surface area contributed by atoms with Gasteiger partial charge in [0.2, 0.25) is 0 Å². The summed E-state index contributed by atoms with van der Waals surface area (Å²) in [5, 5.41) is 6.30. The molecule has 10 heteroatoms. The average molecular weight is 436 g/mol. The van der Waals surface area contributed by atoms with Crippen molar-refractivity contribution in [2.45, 2.75) is 30.9 Å². The molecule has 1 amide bonds. The molecule has 162 valence electrons. The Hall–Kier alpha value is -2.20. The van der Waals surface area contributed by atoms with Gasteiger partial charge in [0.05, 0.1) is 17.9 Å². The maximum atomic E-state index is 12.8. The number of amides is 1. The lowest BCUT2D eigenvalue weighted by atomic mass is 9.94. The van der Waals surface area contributed by atoms with Crippen molar-refractivity contribution in [3.8, 4) is 0 Å². The maximum absolute atomic E-state index is 12.8. The van der Waals surface area contributed by atoms with Crippen molar-refractivity contribution in [2.75, 3.05) is 44.3 Å². The van der Waals surface area contributed by atoms with Gasteiger partial charge in [-0.2, -0.15) is 10.2 Å². The van der Waals surface area contributed by atoms with Crippen LogP contribution in [0.4, 0.5) is 5.69 Å². The van der Waals surface area contributed by atoms with Crippen LogP contribution in [0.1, 0.15) is 25.3 Å². The molecule has 0 spiro atoms. The van der Waals surface area contributed by atoms with Crippen molar-refractivity contribution in [3.63, 3.8) is 0 Å². The average Bonchev–Trinajstić information content (AvgIpc) is 2.77. The fourth-order valence-electron chi connectivity index (χ4n) is 3.99. The summed E-state index contributed by atoms with van der Waals surface area (Å²) < 4.78 is 6.76. The monoisotopic (exact) mass is 435 g/mol. The summed E-state index contributed by atoms with van der Waals surface area (Å²) in [7, 11) is 0. The molecule has 0 bridgehead atoms. The topological polar surface area (TPSA) is 103 Å². The van der Waals surface area contributed by atoms with E-state index < -0.39 is 11.5 Å². The number of anilines is 1. The Balaban J connectivity index is 1.42. The van der Waals surface area contributed by atoms with Gasteiger partial charge in [0.15, 0.2) is 5.60 Å². The number of primary amides is 1. The van der Waals surface area contributed by atoms with E-state index in [9.17, 15) is 9.59 Å². The van der Waals surface area contributed by atoms with Gasteiger partial charge >= 0.3 is 0 Å². The third kappa shape index (κ3) is 4.15. The smallest absolute Gasteiger partial charge is 0.288 e. The van der Waals surface area contributed by atoms with E-state index in [1.54, 1.807) is 11.3 Å². The summed E-state index contributed by atoms with van der Waals surface area (Å²) in [6, 6.07) is -0.122. The first kappa shape index (κ1) is 21.0. The van der Waals surface area contributed by atoms with Crippen LogP contribution in [-0.2, 0) is 14.4 Å². The molecule has 0 aromatic carbocycles. The van der Waals surface area contributed by atoms with Crippen LogP contribution in [0.2, 0.25) is 5.02 Å². The lowest BCUT2D eigenvalue weighted by Crippen LogP contribution is -2.57. The number of aromatic nitrogens is 2. The number of piperazine rings is 1. The van der Waals surface area contributed by atoms with Gasteiger partial charge in [-0.25, -0.2) is 4.68 Å². The number of nitrogens with two attached hydrogens (primary N) is 1. The Labute approximate surface area is 179 Å². The third-order valence-electron chi connectivity index (χ3n) is 5.83. The van der Waals surface area contributed by atoms with Crippen molar-refractivity contribution < 1.29 is 14.4 Å². The number of rotatable bonds is 5. The zero-order valence-electron chi connectivity index (χ0n) is 16.7. The van der Waals surface area contributed by atoms with Crippen LogP contribution >= 0.6 is 11.6 Å². The van der Waals surface area contributed by atoms with Crippen LogP contribution in [-0.4, -0.2) is 65.7 Å².